The van der Waals surface area contributed by atoms with Gasteiger partial charge in [-0.2, -0.15) is 9.36 Å². The van der Waals surface area contributed by atoms with E-state index in [1.54, 1.807) is 6.92 Å². The van der Waals surface area contributed by atoms with Crippen LogP contribution < -0.4 is 42.0 Å². The van der Waals surface area contributed by atoms with Crippen molar-refractivity contribution in [3.05, 3.63) is 46.3 Å². The van der Waals surface area contributed by atoms with Crippen LogP contribution in [-0.4, -0.2) is 89.7 Å². The van der Waals surface area contributed by atoms with Crippen molar-refractivity contribution < 1.29 is 53.1 Å². The Morgan fingerprint density at radius 1 is 1.22 bits per heavy atom. The minimum absolute atomic E-state index is 0.0174. The molecule has 21 nitrogen and oxygen atoms in total. The number of ketones is 1. The van der Waals surface area contributed by atoms with Crippen molar-refractivity contribution in [3.63, 3.8) is 0 Å². The van der Waals surface area contributed by atoms with E-state index in [-0.39, 0.29) is 48.5 Å². The first kappa shape index (κ1) is 43.1. The smallest absolute Gasteiger partial charge is 0.429 e. The number of hydrogen-bond acceptors (Lipinski definition) is 18. The van der Waals surface area contributed by atoms with Gasteiger partial charge >= 0.3 is 7.75 Å². The maximum Gasteiger partial charge on any atom is 0.429 e. The third-order valence-electron chi connectivity index (χ3n) is 7.21. The third-order valence-corrected chi connectivity index (χ3v) is 12.0. The van der Waals surface area contributed by atoms with Crippen molar-refractivity contribution >= 4 is 94.6 Å². The molecule has 0 spiro atoms. The minimum Gasteiger partial charge on any atom is -0.548 e. The lowest BCUT2D eigenvalue weighted by Gasteiger charge is -2.34. The first-order valence-corrected chi connectivity index (χ1v) is 21.1. The van der Waals surface area contributed by atoms with Crippen molar-refractivity contribution in [1.29, 1.82) is 0 Å². The highest BCUT2D eigenvalue weighted by Gasteiger charge is 2.38. The van der Waals surface area contributed by atoms with E-state index in [0.717, 1.165) is 29.1 Å². The Balaban J connectivity index is 1.64. The Labute approximate surface area is 329 Å². The predicted octanol–water partition coefficient (Wildman–Crippen LogP) is -1.99. The predicted molar refractivity (Wildman–Crippen MR) is 200 cm³/mol. The van der Waals surface area contributed by atoms with Crippen LogP contribution >= 0.6 is 54.1 Å². The van der Waals surface area contributed by atoms with Crippen molar-refractivity contribution in [3.8, 4) is 11.3 Å². The number of guanidine groups is 1. The van der Waals surface area contributed by atoms with Crippen LogP contribution in [0.4, 0.5) is 5.13 Å². The summed E-state index contributed by atoms with van der Waals surface area (Å²) in [5.41, 5.74) is 11.3. The van der Waals surface area contributed by atoms with Crippen LogP contribution in [0.2, 0.25) is 0 Å². The van der Waals surface area contributed by atoms with E-state index in [9.17, 15) is 43.7 Å². The van der Waals surface area contributed by atoms with Crippen molar-refractivity contribution in [1.82, 2.24) is 25.0 Å². The second-order valence-electron chi connectivity index (χ2n) is 11.3. The molecular formula is C29H35N11O10PS4-. The summed E-state index contributed by atoms with van der Waals surface area (Å²) in [5.74, 6) is -7.16. The molecule has 3 aromatic heterocycles. The number of thiazole rings is 1. The van der Waals surface area contributed by atoms with Gasteiger partial charge in [0.15, 0.2) is 34.2 Å². The lowest BCUT2D eigenvalue weighted by atomic mass is 9.97. The van der Waals surface area contributed by atoms with Gasteiger partial charge in [-0.3, -0.25) is 19.7 Å². The SMILES string of the molecule is CCO/N=C(\C(=O)C[C@H](C(=O)NC(CCCN=C(N)N)C(=O)[O-])[C@@H]1NC(C(=O)[O-])=C(Sc2nc(-c3cc[n+](C)cc3)cs2)CS1)c1nsc(NP(=O)(O)O)n1. The summed E-state index contributed by atoms with van der Waals surface area (Å²) < 4.78 is 17.8. The quantitative estimate of drug-likeness (QED) is 0.0162. The molecule has 0 saturated heterocycles. The van der Waals surface area contributed by atoms with Gasteiger partial charge in [0.05, 0.1) is 40.7 Å². The number of pyridine rings is 1. The number of aliphatic imine (C=N–C) groups is 1. The molecule has 0 aromatic carbocycles. The van der Waals surface area contributed by atoms with Crippen molar-refractivity contribution in [2.24, 2.45) is 34.6 Å². The van der Waals surface area contributed by atoms with Gasteiger partial charge in [0, 0.05) is 58.2 Å². The van der Waals surface area contributed by atoms with Crippen molar-refractivity contribution in [2.75, 3.05) is 24.0 Å². The molecule has 55 heavy (non-hydrogen) atoms. The molecule has 1 unspecified atom stereocenters. The molecule has 0 bridgehead atoms. The van der Waals surface area contributed by atoms with Gasteiger partial charge in [-0.05, 0) is 19.8 Å². The zero-order valence-electron chi connectivity index (χ0n) is 28.9. The molecule has 4 rings (SSSR count). The number of hydrogen-bond donors (Lipinski definition) is 7. The topological polar surface area (TPSA) is 337 Å². The number of aromatic nitrogens is 4. The largest absolute Gasteiger partial charge is 0.548 e. The lowest BCUT2D eigenvalue weighted by molar-refractivity contribution is -0.671. The summed E-state index contributed by atoms with van der Waals surface area (Å²) in [7, 11) is -2.92. The number of nitrogens with two attached hydrogens (primary N) is 2. The van der Waals surface area contributed by atoms with Gasteiger partial charge in [0.1, 0.15) is 13.7 Å². The van der Waals surface area contributed by atoms with E-state index >= 15 is 0 Å². The maximum absolute atomic E-state index is 13.9. The summed E-state index contributed by atoms with van der Waals surface area (Å²) in [6.07, 6.45) is 2.97. The van der Waals surface area contributed by atoms with E-state index in [1.807, 2.05) is 46.6 Å². The van der Waals surface area contributed by atoms with E-state index in [2.05, 4.69) is 35.1 Å². The summed E-state index contributed by atoms with van der Waals surface area (Å²) >= 11 is 3.95. The number of nitrogens with one attached hydrogen (secondary N) is 3. The zero-order valence-corrected chi connectivity index (χ0v) is 33.1. The highest BCUT2D eigenvalue weighted by molar-refractivity contribution is 8.07. The fourth-order valence-corrected chi connectivity index (χ4v) is 9.29. The number of carboxylic acid groups (broad SMARTS) is 2. The van der Waals surface area contributed by atoms with Crippen LogP contribution in [0.25, 0.3) is 11.3 Å². The number of aryl methyl sites for hydroxylation is 1. The molecule has 4 heterocycles. The zero-order chi connectivity index (χ0) is 40.3. The molecule has 3 aromatic rings. The molecule has 1 aliphatic rings. The third kappa shape index (κ3) is 13.0. The van der Waals surface area contributed by atoms with Crippen LogP contribution in [-0.2, 0) is 35.6 Å². The number of amides is 1. The first-order valence-electron chi connectivity index (χ1n) is 15.9. The molecule has 296 valence electrons. The van der Waals surface area contributed by atoms with E-state index in [1.165, 1.54) is 11.3 Å². The van der Waals surface area contributed by atoms with Gasteiger partial charge in [-0.1, -0.05) is 16.9 Å². The van der Waals surface area contributed by atoms with Gasteiger partial charge in [-0.15, -0.1) is 23.1 Å². The summed E-state index contributed by atoms with van der Waals surface area (Å²) in [6, 6.07) is 2.21. The number of anilines is 1. The maximum atomic E-state index is 13.9. The Bertz CT molecular complexity index is 2010. The normalized spacial score (nSPS) is 15.7. The molecule has 0 fully saturated rings. The lowest BCUT2D eigenvalue weighted by Crippen LogP contribution is -2.54. The molecule has 1 aliphatic heterocycles. The first-order chi connectivity index (χ1) is 26.0. The van der Waals surface area contributed by atoms with Gasteiger partial charge in [0.2, 0.25) is 16.9 Å². The standard InChI is InChI=1S/C29H36N11O10PS4/c1-3-50-37-20(22-36-28(55-39-22)38-51(47,48)49)18(41)11-15(23(42)33-16(25(43)44)5-4-8-32-27(30)31)24-35-21(26(45)46)19(13-52-24)54-29-34-17(12-53-29)14-6-9-40(2)10-7-14/h6-7,9-10,12,15-16,24,35H,3-5,8,11,13H2,1-2H3,(H9-,30,31,32,33,36,38,39,42,43,44,45,46,47,48,49)/p-1/b37-20+/t15-,16?,24-/m1/s1. The monoisotopic (exact) mass is 856 g/mol. The molecule has 0 saturated carbocycles. The minimum atomic E-state index is -4.80. The molecule has 3 atom stereocenters. The Hall–Kier alpha value is -4.65. The summed E-state index contributed by atoms with van der Waals surface area (Å²) in [6.45, 7) is 1.59. The number of thioether (sulfide) groups is 2. The Morgan fingerprint density at radius 3 is 2.58 bits per heavy atom. The number of carboxylic acids is 2. The highest BCUT2D eigenvalue weighted by Crippen LogP contribution is 2.40. The molecule has 26 heteroatoms. The van der Waals surface area contributed by atoms with Crippen LogP contribution in [0.1, 0.15) is 32.0 Å². The molecular weight excluding hydrogens is 822 g/mol. The number of carbonyl (C=O) groups excluding carboxylic acids is 4. The van der Waals surface area contributed by atoms with Gasteiger partial charge < -0.3 is 56.5 Å². The Kier molecular flexibility index (Phi) is 15.5. The number of rotatable bonds is 20. The molecule has 0 radical (unpaired) electrons. The number of Topliss-reactive ketones (excluding diaryl/α,β-unsaturated/α-hetero) is 1. The van der Waals surface area contributed by atoms with Crippen LogP contribution in [0, 0.1) is 5.92 Å². The number of carbonyl (C=O) groups is 4. The second kappa shape index (κ2) is 19.8. The molecule has 1 amide bonds. The average Bonchev–Trinajstić information content (AvgIpc) is 3.77. The summed E-state index contributed by atoms with van der Waals surface area (Å²) in [4.78, 5) is 88.5. The summed E-state index contributed by atoms with van der Waals surface area (Å²) in [5, 5.41) is 35.6. The number of nitrogens with zero attached hydrogens (tertiary/aromatic N) is 6. The second-order valence-corrected chi connectivity index (χ2v) is 16.7. The number of aliphatic carboxylic acids is 2. The van der Waals surface area contributed by atoms with E-state index in [4.69, 9.17) is 16.3 Å². The van der Waals surface area contributed by atoms with Gasteiger partial charge in [0.25, 0.3) is 0 Å². The fourth-order valence-electron chi connectivity index (χ4n) is 4.69. The highest BCUT2D eigenvalue weighted by atomic mass is 32.2. The average molecular weight is 857 g/mol. The van der Waals surface area contributed by atoms with Crippen LogP contribution in [0.5, 0.6) is 0 Å². The van der Waals surface area contributed by atoms with Crippen LogP contribution in [0.15, 0.2) is 55.0 Å². The fraction of sp³-hybridized carbons (Fsp3) is 0.379. The Morgan fingerprint density at radius 2 is 1.95 bits per heavy atom. The van der Waals surface area contributed by atoms with Crippen molar-refractivity contribution in [2.45, 2.75) is 41.9 Å². The van der Waals surface area contributed by atoms with Gasteiger partial charge in [-0.25, -0.2) is 14.1 Å². The van der Waals surface area contributed by atoms with Crippen LogP contribution in [0.3, 0.4) is 0 Å². The van der Waals surface area contributed by atoms with E-state index in [0.29, 0.717) is 26.5 Å². The van der Waals surface area contributed by atoms with E-state index < -0.39 is 66.7 Å². The molecule has 9 N–H and O–H groups in total. The molecule has 0 aliphatic carbocycles. The number of oxime groups is 1.